The lowest BCUT2D eigenvalue weighted by atomic mass is 10.0. The van der Waals surface area contributed by atoms with E-state index in [4.69, 9.17) is 5.26 Å². The lowest BCUT2D eigenvalue weighted by Gasteiger charge is -2.16. The van der Waals surface area contributed by atoms with Crippen molar-refractivity contribution >= 4 is 15.9 Å². The topological polar surface area (TPSA) is 35.8 Å². The van der Waals surface area contributed by atoms with Crippen LogP contribution >= 0.6 is 15.9 Å². The molecular weight excluding hydrogens is 240 g/mol. The van der Waals surface area contributed by atoms with Gasteiger partial charge < -0.3 is 5.32 Å². The van der Waals surface area contributed by atoms with Crippen LogP contribution in [0.3, 0.4) is 0 Å². The molecule has 1 aliphatic rings. The molecule has 1 fully saturated rings. The Labute approximate surface area is 92.1 Å². The van der Waals surface area contributed by atoms with Crippen LogP contribution in [0.2, 0.25) is 0 Å². The number of nitrogens with one attached hydrogen (secondary N) is 1. The van der Waals surface area contributed by atoms with Gasteiger partial charge in [-0.1, -0.05) is 15.9 Å². The third kappa shape index (κ3) is 1.45. The van der Waals surface area contributed by atoms with Crippen molar-refractivity contribution in [2.24, 2.45) is 0 Å². The average molecular weight is 251 g/mol. The number of nitriles is 1. The number of hydrogen-bond acceptors (Lipinski definition) is 2. The van der Waals surface area contributed by atoms with Crippen LogP contribution in [0.15, 0.2) is 22.7 Å². The summed E-state index contributed by atoms with van der Waals surface area (Å²) in [6.45, 7) is 0. The normalized spacial score (nSPS) is 17.5. The van der Waals surface area contributed by atoms with Gasteiger partial charge in [-0.25, -0.2) is 0 Å². The Morgan fingerprint density at radius 3 is 2.71 bits per heavy atom. The summed E-state index contributed by atoms with van der Waals surface area (Å²) >= 11 is 3.53. The molecule has 0 aliphatic heterocycles. The van der Waals surface area contributed by atoms with Gasteiger partial charge in [-0.3, -0.25) is 0 Å². The monoisotopic (exact) mass is 250 g/mol. The van der Waals surface area contributed by atoms with Gasteiger partial charge in [0.15, 0.2) is 0 Å². The third-order valence-electron chi connectivity index (χ3n) is 2.84. The van der Waals surface area contributed by atoms with E-state index in [1.807, 2.05) is 25.2 Å². The van der Waals surface area contributed by atoms with Crippen molar-refractivity contribution in [2.45, 2.75) is 18.4 Å². The highest BCUT2D eigenvalue weighted by atomic mass is 79.9. The fourth-order valence-corrected chi connectivity index (χ4v) is 2.37. The quantitative estimate of drug-likeness (QED) is 0.876. The maximum atomic E-state index is 8.83. The fourth-order valence-electron chi connectivity index (χ4n) is 1.74. The van der Waals surface area contributed by atoms with Gasteiger partial charge in [-0.2, -0.15) is 5.26 Å². The van der Waals surface area contributed by atoms with Gasteiger partial charge in [-0.15, -0.1) is 0 Å². The lowest BCUT2D eigenvalue weighted by Crippen LogP contribution is -2.24. The van der Waals surface area contributed by atoms with Crippen molar-refractivity contribution in [2.75, 3.05) is 7.05 Å². The van der Waals surface area contributed by atoms with E-state index in [1.54, 1.807) is 0 Å². The summed E-state index contributed by atoms with van der Waals surface area (Å²) in [5.74, 6) is 0. The summed E-state index contributed by atoms with van der Waals surface area (Å²) in [7, 11) is 1.97. The maximum Gasteiger partial charge on any atom is 0.0991 e. The van der Waals surface area contributed by atoms with E-state index in [9.17, 15) is 0 Å². The van der Waals surface area contributed by atoms with Crippen LogP contribution in [0.4, 0.5) is 0 Å². The van der Waals surface area contributed by atoms with Crippen LogP contribution in [0.25, 0.3) is 0 Å². The molecule has 2 nitrogen and oxygen atoms in total. The van der Waals surface area contributed by atoms with Gasteiger partial charge >= 0.3 is 0 Å². The number of hydrogen-bond donors (Lipinski definition) is 1. The van der Waals surface area contributed by atoms with E-state index in [0.717, 1.165) is 22.9 Å². The third-order valence-corrected chi connectivity index (χ3v) is 3.53. The smallest absolute Gasteiger partial charge is 0.0991 e. The number of halogens is 1. The molecule has 14 heavy (non-hydrogen) atoms. The molecule has 0 aromatic heterocycles. The highest BCUT2D eigenvalue weighted by Crippen LogP contribution is 2.47. The predicted molar refractivity (Wildman–Crippen MR) is 58.8 cm³/mol. The minimum Gasteiger partial charge on any atom is -0.310 e. The van der Waals surface area contributed by atoms with Crippen molar-refractivity contribution in [3.05, 3.63) is 33.8 Å². The molecule has 1 saturated carbocycles. The molecule has 1 aromatic rings. The van der Waals surface area contributed by atoms with Crippen LogP contribution in [0.1, 0.15) is 24.0 Å². The van der Waals surface area contributed by atoms with E-state index >= 15 is 0 Å². The Kier molecular flexibility index (Phi) is 2.34. The van der Waals surface area contributed by atoms with Gasteiger partial charge in [0.2, 0.25) is 0 Å². The van der Waals surface area contributed by atoms with Crippen molar-refractivity contribution in [1.82, 2.24) is 5.32 Å². The molecule has 0 spiro atoms. The Balaban J connectivity index is 2.47. The molecular formula is C11H11BrN2. The highest BCUT2D eigenvalue weighted by molar-refractivity contribution is 9.10. The molecule has 2 rings (SSSR count). The Morgan fingerprint density at radius 2 is 2.21 bits per heavy atom. The molecule has 3 heteroatoms. The first-order chi connectivity index (χ1) is 6.72. The summed E-state index contributed by atoms with van der Waals surface area (Å²) in [5, 5.41) is 12.1. The minimum absolute atomic E-state index is 0.117. The average Bonchev–Trinajstić information content (AvgIpc) is 2.99. The first-order valence-electron chi connectivity index (χ1n) is 4.61. The van der Waals surface area contributed by atoms with Crippen LogP contribution in [0.5, 0.6) is 0 Å². The molecule has 0 atom stereocenters. The van der Waals surface area contributed by atoms with Gasteiger partial charge in [0.1, 0.15) is 0 Å². The van der Waals surface area contributed by atoms with E-state index in [0.29, 0.717) is 0 Å². The maximum absolute atomic E-state index is 8.83. The molecule has 0 radical (unpaired) electrons. The minimum atomic E-state index is 0.117. The molecule has 1 aliphatic carbocycles. The van der Waals surface area contributed by atoms with E-state index in [1.165, 1.54) is 5.56 Å². The number of benzene rings is 1. The zero-order chi connectivity index (χ0) is 10.2. The SMILES string of the molecule is CNC1(c2cc(C#N)ccc2Br)CC1. The highest BCUT2D eigenvalue weighted by Gasteiger charge is 2.43. The van der Waals surface area contributed by atoms with Gasteiger partial charge in [0.25, 0.3) is 0 Å². The molecule has 72 valence electrons. The molecule has 0 heterocycles. The Hall–Kier alpha value is -0.850. The second kappa shape index (κ2) is 3.38. The van der Waals surface area contributed by atoms with Crippen LogP contribution in [0, 0.1) is 11.3 Å². The summed E-state index contributed by atoms with van der Waals surface area (Å²) in [4.78, 5) is 0. The molecule has 0 saturated heterocycles. The molecule has 0 unspecified atom stereocenters. The number of nitrogens with zero attached hydrogens (tertiary/aromatic N) is 1. The molecule has 0 amide bonds. The molecule has 1 aromatic carbocycles. The van der Waals surface area contributed by atoms with Crippen molar-refractivity contribution in [3.8, 4) is 6.07 Å². The zero-order valence-electron chi connectivity index (χ0n) is 7.97. The van der Waals surface area contributed by atoms with Crippen molar-refractivity contribution in [1.29, 1.82) is 5.26 Å². The summed E-state index contributed by atoms with van der Waals surface area (Å²) in [5.41, 5.74) is 2.05. The van der Waals surface area contributed by atoms with Crippen LogP contribution in [-0.4, -0.2) is 7.05 Å². The van der Waals surface area contributed by atoms with E-state index in [2.05, 4.69) is 27.3 Å². The number of rotatable bonds is 2. The predicted octanol–water partition coefficient (Wildman–Crippen LogP) is 2.53. The Bertz CT molecular complexity index is 402. The standard InChI is InChI=1S/C11H11BrN2/c1-14-11(4-5-11)9-6-8(7-13)2-3-10(9)12/h2-3,6,14H,4-5H2,1H3. The van der Waals surface area contributed by atoms with Crippen LogP contribution in [-0.2, 0) is 5.54 Å². The van der Waals surface area contributed by atoms with E-state index < -0.39 is 0 Å². The largest absolute Gasteiger partial charge is 0.310 e. The van der Waals surface area contributed by atoms with Gasteiger partial charge in [0, 0.05) is 10.0 Å². The van der Waals surface area contributed by atoms with E-state index in [-0.39, 0.29) is 5.54 Å². The second-order valence-corrected chi connectivity index (χ2v) is 4.49. The lowest BCUT2D eigenvalue weighted by molar-refractivity contribution is 0.583. The van der Waals surface area contributed by atoms with Gasteiger partial charge in [0.05, 0.1) is 11.6 Å². The first kappa shape index (κ1) is 9.70. The Morgan fingerprint density at radius 1 is 1.50 bits per heavy atom. The molecule has 0 bridgehead atoms. The van der Waals surface area contributed by atoms with Crippen LogP contribution < -0.4 is 5.32 Å². The first-order valence-corrected chi connectivity index (χ1v) is 5.40. The zero-order valence-corrected chi connectivity index (χ0v) is 9.56. The van der Waals surface area contributed by atoms with Crippen molar-refractivity contribution < 1.29 is 0 Å². The second-order valence-electron chi connectivity index (χ2n) is 3.64. The fraction of sp³-hybridized carbons (Fsp3) is 0.364. The summed E-state index contributed by atoms with van der Waals surface area (Å²) in [6, 6.07) is 7.92. The van der Waals surface area contributed by atoms with Gasteiger partial charge in [-0.05, 0) is 43.7 Å². The summed E-state index contributed by atoms with van der Waals surface area (Å²) in [6.07, 6.45) is 2.30. The van der Waals surface area contributed by atoms with Crippen molar-refractivity contribution in [3.63, 3.8) is 0 Å². The summed E-state index contributed by atoms with van der Waals surface area (Å²) < 4.78 is 1.09. The molecule has 1 N–H and O–H groups in total.